The predicted octanol–water partition coefficient (Wildman–Crippen LogP) is 2.76. The van der Waals surface area contributed by atoms with E-state index < -0.39 is 29.1 Å². The fraction of sp³-hybridized carbons (Fsp3) is 0.750. The summed E-state index contributed by atoms with van der Waals surface area (Å²) in [5.74, 6) is -1.71. The summed E-state index contributed by atoms with van der Waals surface area (Å²) in [7, 11) is 0. The first kappa shape index (κ1) is 28.4. The molecule has 3 fully saturated rings. The lowest BCUT2D eigenvalue weighted by molar-refractivity contribution is -0.155. The van der Waals surface area contributed by atoms with Gasteiger partial charge in [-0.15, -0.1) is 13.2 Å². The Morgan fingerprint density at radius 1 is 1.17 bits per heavy atom. The molecule has 2 bridgehead atoms. The van der Waals surface area contributed by atoms with E-state index in [-0.39, 0.29) is 30.4 Å². The second-order valence-electron chi connectivity index (χ2n) is 10.7. The van der Waals surface area contributed by atoms with Gasteiger partial charge in [-0.3, -0.25) is 14.4 Å². The topological polar surface area (TPSA) is 90.4 Å². The average Bonchev–Trinajstić information content (AvgIpc) is 3.45. The number of nitrogens with zero attached hydrogens (tertiary/aromatic N) is 3. The van der Waals surface area contributed by atoms with E-state index >= 15 is 0 Å². The highest BCUT2D eigenvalue weighted by Gasteiger charge is 2.79. The summed E-state index contributed by atoms with van der Waals surface area (Å²) in [4.78, 5) is 47.5. The van der Waals surface area contributed by atoms with Crippen LogP contribution < -0.4 is 0 Å². The largest absolute Gasteiger partial charge is 0.396 e. The number of hydrogen-bond acceptors (Lipinski definition) is 5. The Kier molecular flexibility index (Phi) is 9.04. The third kappa shape index (κ3) is 4.51. The van der Waals surface area contributed by atoms with Gasteiger partial charge in [-0.1, -0.05) is 26.0 Å². The van der Waals surface area contributed by atoms with Gasteiger partial charge in [-0.05, 0) is 52.4 Å². The van der Waals surface area contributed by atoms with E-state index in [1.807, 2.05) is 27.7 Å². The minimum atomic E-state index is -1.02. The van der Waals surface area contributed by atoms with Crippen LogP contribution in [0.25, 0.3) is 0 Å². The molecule has 0 aromatic carbocycles. The number of fused-ring (bicyclic) bond motifs is 1. The molecule has 0 aromatic rings. The molecule has 36 heavy (non-hydrogen) atoms. The summed E-state index contributed by atoms with van der Waals surface area (Å²) in [5.41, 5.74) is -1.77. The zero-order valence-electron chi connectivity index (χ0n) is 22.6. The van der Waals surface area contributed by atoms with Crippen molar-refractivity contribution in [2.75, 3.05) is 32.8 Å². The number of aliphatic hydroxyl groups is 1. The molecule has 1 spiro atoms. The summed E-state index contributed by atoms with van der Waals surface area (Å²) >= 11 is 0. The van der Waals surface area contributed by atoms with Gasteiger partial charge in [0.2, 0.25) is 17.7 Å². The van der Waals surface area contributed by atoms with Crippen molar-refractivity contribution in [1.29, 1.82) is 0 Å². The first-order valence-corrected chi connectivity index (χ1v) is 13.6. The minimum Gasteiger partial charge on any atom is -0.396 e. The Bertz CT molecular complexity index is 860. The van der Waals surface area contributed by atoms with E-state index in [0.29, 0.717) is 58.3 Å². The first-order valence-electron chi connectivity index (χ1n) is 13.6. The van der Waals surface area contributed by atoms with E-state index in [1.165, 1.54) is 0 Å². The number of ether oxygens (including phenoxy) is 1. The number of rotatable bonds is 14. The van der Waals surface area contributed by atoms with E-state index in [9.17, 15) is 19.5 Å². The Hall–Kier alpha value is -2.19. The Labute approximate surface area is 216 Å². The molecule has 3 rings (SSSR count). The zero-order valence-corrected chi connectivity index (χ0v) is 22.6. The Balaban J connectivity index is 2.10. The van der Waals surface area contributed by atoms with Gasteiger partial charge < -0.3 is 24.5 Å². The van der Waals surface area contributed by atoms with Gasteiger partial charge in [0.15, 0.2) is 0 Å². The first-order chi connectivity index (χ1) is 17.2. The highest BCUT2D eigenvalue weighted by Crippen LogP contribution is 2.64. The molecule has 3 saturated heterocycles. The van der Waals surface area contributed by atoms with Gasteiger partial charge >= 0.3 is 0 Å². The Morgan fingerprint density at radius 2 is 1.86 bits per heavy atom. The van der Waals surface area contributed by atoms with Crippen molar-refractivity contribution in [1.82, 2.24) is 14.7 Å². The molecule has 0 aromatic heterocycles. The van der Waals surface area contributed by atoms with E-state index in [0.717, 1.165) is 6.42 Å². The molecule has 0 aliphatic carbocycles. The molecule has 202 valence electrons. The molecule has 5 atom stereocenters. The number of hydrogen-bond donors (Lipinski definition) is 1. The summed E-state index contributed by atoms with van der Waals surface area (Å²) in [6, 6.07) is -0.870. The second kappa shape index (κ2) is 11.5. The van der Waals surface area contributed by atoms with Crippen LogP contribution in [0.3, 0.4) is 0 Å². The maximum absolute atomic E-state index is 14.1. The van der Waals surface area contributed by atoms with E-state index in [1.54, 1.807) is 26.9 Å². The molecule has 0 radical (unpaired) electrons. The van der Waals surface area contributed by atoms with Crippen molar-refractivity contribution >= 4 is 17.7 Å². The quantitative estimate of drug-likeness (QED) is 0.291. The number of carbonyl (C=O) groups excluding carboxylic acids is 3. The molecule has 3 amide bonds. The van der Waals surface area contributed by atoms with Crippen LogP contribution in [0.2, 0.25) is 0 Å². The Morgan fingerprint density at radius 3 is 2.42 bits per heavy atom. The minimum absolute atomic E-state index is 0.0217. The number of carbonyl (C=O) groups is 3. The van der Waals surface area contributed by atoms with Crippen molar-refractivity contribution in [3.63, 3.8) is 0 Å². The molecule has 1 N–H and O–H groups in total. The summed E-state index contributed by atoms with van der Waals surface area (Å²) in [5, 5.41) is 9.35. The van der Waals surface area contributed by atoms with Crippen LogP contribution in [0.4, 0.5) is 0 Å². The van der Waals surface area contributed by atoms with Crippen molar-refractivity contribution in [2.24, 2.45) is 11.8 Å². The van der Waals surface area contributed by atoms with Crippen molar-refractivity contribution in [2.45, 2.75) is 89.5 Å². The fourth-order valence-electron chi connectivity index (χ4n) is 6.77. The third-order valence-corrected chi connectivity index (χ3v) is 8.37. The number of aliphatic hydroxyl groups excluding tert-OH is 1. The zero-order chi connectivity index (χ0) is 26.7. The average molecular weight is 504 g/mol. The van der Waals surface area contributed by atoms with Crippen LogP contribution in [0.15, 0.2) is 25.3 Å². The van der Waals surface area contributed by atoms with Gasteiger partial charge in [0, 0.05) is 38.8 Å². The van der Waals surface area contributed by atoms with Gasteiger partial charge in [-0.2, -0.15) is 0 Å². The number of likely N-dealkylation sites (tertiary alicyclic amines) is 1. The fourth-order valence-corrected chi connectivity index (χ4v) is 6.77. The second-order valence-corrected chi connectivity index (χ2v) is 10.7. The molecule has 0 saturated carbocycles. The van der Waals surface area contributed by atoms with Gasteiger partial charge in [-0.25, -0.2) is 0 Å². The molecular weight excluding hydrogens is 458 g/mol. The normalized spacial score (nSPS) is 30.6. The lowest BCUT2D eigenvalue weighted by Crippen LogP contribution is -2.57. The highest BCUT2D eigenvalue weighted by molar-refractivity contribution is 5.99. The molecular formula is C28H45N3O5. The standard InChI is InChI=1S/C28H45N3O5/c1-7-15-29(16-8-2)24(33)21-22-25(34)31(18-11-12-19-32)23(26(35)30(17-9-3)20(5)6)28(22)14-13-27(21,10-4)36-28/h7,9,20-23,32H,1,3,8,10-19H2,2,4-6H3/t21-,22-,23?,27+,28?/m0/s1. The monoisotopic (exact) mass is 503 g/mol. The van der Waals surface area contributed by atoms with E-state index in [2.05, 4.69) is 13.2 Å². The molecule has 8 nitrogen and oxygen atoms in total. The highest BCUT2D eigenvalue weighted by atomic mass is 16.5. The maximum atomic E-state index is 14.1. The van der Waals surface area contributed by atoms with Crippen LogP contribution >= 0.6 is 0 Å². The lowest BCUT2D eigenvalue weighted by atomic mass is 9.64. The predicted molar refractivity (Wildman–Crippen MR) is 139 cm³/mol. The summed E-state index contributed by atoms with van der Waals surface area (Å²) in [6.45, 7) is 17.3. The van der Waals surface area contributed by atoms with Gasteiger partial charge in [0.1, 0.15) is 11.6 Å². The van der Waals surface area contributed by atoms with Crippen molar-refractivity contribution < 1.29 is 24.2 Å². The molecule has 8 heteroatoms. The SMILES string of the molecule is C=CCN(CCC)C(=O)[C@@H]1[C@H]2C(=O)N(CCCCO)C(C(=O)N(CC=C)C(C)C)C23CC[C@@]1(CC)O3. The lowest BCUT2D eigenvalue weighted by Gasteiger charge is -2.38. The van der Waals surface area contributed by atoms with Gasteiger partial charge in [0.05, 0.1) is 17.4 Å². The van der Waals surface area contributed by atoms with Crippen molar-refractivity contribution in [3.05, 3.63) is 25.3 Å². The number of amides is 3. The molecule has 3 heterocycles. The third-order valence-electron chi connectivity index (χ3n) is 8.37. The summed E-state index contributed by atoms with van der Waals surface area (Å²) < 4.78 is 6.85. The van der Waals surface area contributed by atoms with Crippen LogP contribution in [-0.4, -0.2) is 93.6 Å². The van der Waals surface area contributed by atoms with Gasteiger partial charge in [0.25, 0.3) is 0 Å². The van der Waals surface area contributed by atoms with Crippen LogP contribution in [0.5, 0.6) is 0 Å². The molecule has 3 aliphatic rings. The maximum Gasteiger partial charge on any atom is 0.248 e. The van der Waals surface area contributed by atoms with E-state index in [4.69, 9.17) is 4.74 Å². The molecule has 2 unspecified atom stereocenters. The number of unbranched alkanes of at least 4 members (excludes halogenated alkanes) is 1. The van der Waals surface area contributed by atoms with Crippen LogP contribution in [0, 0.1) is 11.8 Å². The smallest absolute Gasteiger partial charge is 0.248 e. The van der Waals surface area contributed by atoms with Crippen LogP contribution in [-0.2, 0) is 19.1 Å². The molecule has 3 aliphatic heterocycles. The summed E-state index contributed by atoms with van der Waals surface area (Å²) in [6.07, 6.45) is 7.16. The van der Waals surface area contributed by atoms with Crippen LogP contribution in [0.1, 0.15) is 66.2 Å². The van der Waals surface area contributed by atoms with Crippen molar-refractivity contribution in [3.8, 4) is 0 Å².